The first kappa shape index (κ1) is 25.5. The molecule has 2 N–H and O–H groups in total. The third kappa shape index (κ3) is 6.63. The second-order valence-electron chi connectivity index (χ2n) is 6.82. The summed E-state index contributed by atoms with van der Waals surface area (Å²) in [6.07, 6.45) is -2.19. The minimum atomic E-state index is -1.26. The molecule has 12 heteroatoms. The Morgan fingerprint density at radius 2 is 1.76 bits per heavy atom. The van der Waals surface area contributed by atoms with E-state index in [0.717, 1.165) is 0 Å². The van der Waals surface area contributed by atoms with Gasteiger partial charge in [-0.05, 0) is 12.1 Å². The SMILES string of the molecule is CCC(=O)OC[C@@H](OCC#N)[C@@H](OC(=O)CC)[C@@H](OC(=O)CC)c1ccc2c(N)ncnn12. The fourth-order valence-corrected chi connectivity index (χ4v) is 2.94. The molecule has 0 aliphatic heterocycles. The van der Waals surface area contributed by atoms with Crippen LogP contribution in [0.3, 0.4) is 0 Å². The molecule has 0 fully saturated rings. The number of carbonyl (C=O) groups is 3. The number of hydrogen-bond donors (Lipinski definition) is 1. The predicted octanol–water partition coefficient (Wildman–Crippen LogP) is 1.49. The van der Waals surface area contributed by atoms with E-state index in [1.165, 1.54) is 10.8 Å². The first-order chi connectivity index (χ1) is 15.9. The molecule has 2 heterocycles. The summed E-state index contributed by atoms with van der Waals surface area (Å²) in [5.41, 5.74) is 6.68. The van der Waals surface area contributed by atoms with Gasteiger partial charge in [0.15, 0.2) is 18.0 Å². The zero-order valence-corrected chi connectivity index (χ0v) is 18.7. The third-order valence-corrected chi connectivity index (χ3v) is 4.63. The Morgan fingerprint density at radius 1 is 1.09 bits per heavy atom. The van der Waals surface area contributed by atoms with Gasteiger partial charge in [-0.15, -0.1) is 0 Å². The van der Waals surface area contributed by atoms with Gasteiger partial charge in [0.1, 0.15) is 31.2 Å². The van der Waals surface area contributed by atoms with Gasteiger partial charge >= 0.3 is 17.9 Å². The van der Waals surface area contributed by atoms with E-state index >= 15 is 0 Å². The van der Waals surface area contributed by atoms with Crippen molar-refractivity contribution >= 4 is 29.2 Å². The van der Waals surface area contributed by atoms with Crippen LogP contribution >= 0.6 is 0 Å². The van der Waals surface area contributed by atoms with Crippen LogP contribution in [-0.4, -0.2) is 57.9 Å². The van der Waals surface area contributed by atoms with Crippen molar-refractivity contribution in [3.8, 4) is 6.07 Å². The molecule has 0 aliphatic carbocycles. The largest absolute Gasteiger partial charge is 0.463 e. The Morgan fingerprint density at radius 3 is 2.39 bits per heavy atom. The zero-order chi connectivity index (χ0) is 24.4. The lowest BCUT2D eigenvalue weighted by Crippen LogP contribution is -2.43. The van der Waals surface area contributed by atoms with Gasteiger partial charge in [0.05, 0.1) is 11.8 Å². The minimum absolute atomic E-state index is 0.0225. The molecule has 0 aliphatic rings. The van der Waals surface area contributed by atoms with Crippen LogP contribution in [0, 0.1) is 11.3 Å². The highest BCUT2D eigenvalue weighted by Gasteiger charge is 2.40. The quantitative estimate of drug-likeness (QED) is 0.359. The number of anilines is 1. The zero-order valence-electron chi connectivity index (χ0n) is 18.7. The molecule has 33 heavy (non-hydrogen) atoms. The lowest BCUT2D eigenvalue weighted by molar-refractivity contribution is -0.187. The molecule has 0 bridgehead atoms. The summed E-state index contributed by atoms with van der Waals surface area (Å²) in [4.78, 5) is 40.3. The highest BCUT2D eigenvalue weighted by molar-refractivity contribution is 5.71. The van der Waals surface area contributed by atoms with Crippen molar-refractivity contribution in [3.63, 3.8) is 0 Å². The van der Waals surface area contributed by atoms with Gasteiger partial charge in [-0.25, -0.2) is 9.50 Å². The monoisotopic (exact) mass is 461 g/mol. The van der Waals surface area contributed by atoms with Crippen LogP contribution in [0.2, 0.25) is 0 Å². The summed E-state index contributed by atoms with van der Waals surface area (Å²) < 4.78 is 23.4. The molecule has 0 saturated carbocycles. The summed E-state index contributed by atoms with van der Waals surface area (Å²) in [7, 11) is 0. The van der Waals surface area contributed by atoms with Crippen molar-refractivity contribution in [1.29, 1.82) is 5.26 Å². The van der Waals surface area contributed by atoms with Gasteiger partial charge in [0.2, 0.25) is 0 Å². The summed E-state index contributed by atoms with van der Waals surface area (Å²) in [6, 6.07) is 5.05. The Labute approximate surface area is 190 Å². The average molecular weight is 461 g/mol. The third-order valence-electron chi connectivity index (χ3n) is 4.63. The fourth-order valence-electron chi connectivity index (χ4n) is 2.94. The summed E-state index contributed by atoms with van der Waals surface area (Å²) in [5.74, 6) is -1.52. The molecule has 2 rings (SSSR count). The van der Waals surface area contributed by atoms with Gasteiger partial charge in [-0.3, -0.25) is 14.4 Å². The van der Waals surface area contributed by atoms with E-state index < -0.39 is 36.2 Å². The second kappa shape index (κ2) is 12.4. The molecule has 0 radical (unpaired) electrons. The summed E-state index contributed by atoms with van der Waals surface area (Å²) in [5, 5.41) is 13.2. The van der Waals surface area contributed by atoms with Crippen LogP contribution in [0.4, 0.5) is 5.82 Å². The maximum atomic E-state index is 12.3. The van der Waals surface area contributed by atoms with E-state index in [1.807, 2.05) is 6.07 Å². The summed E-state index contributed by atoms with van der Waals surface area (Å²) >= 11 is 0. The molecule has 0 spiro atoms. The Bertz CT molecular complexity index is 1020. The second-order valence-corrected chi connectivity index (χ2v) is 6.82. The molecule has 0 aromatic carbocycles. The van der Waals surface area contributed by atoms with Crippen LogP contribution in [0.5, 0.6) is 0 Å². The van der Waals surface area contributed by atoms with Gasteiger partial charge in [0.25, 0.3) is 0 Å². The number of fused-ring (bicyclic) bond motifs is 1. The van der Waals surface area contributed by atoms with E-state index in [4.69, 9.17) is 29.9 Å². The lowest BCUT2D eigenvalue weighted by Gasteiger charge is -2.32. The predicted molar refractivity (Wildman–Crippen MR) is 113 cm³/mol. The van der Waals surface area contributed by atoms with Crippen molar-refractivity contribution in [2.75, 3.05) is 18.9 Å². The molecule has 2 aromatic heterocycles. The van der Waals surface area contributed by atoms with Crippen molar-refractivity contribution in [1.82, 2.24) is 14.6 Å². The number of carbonyl (C=O) groups excluding carboxylic acids is 3. The standard InChI is InChI=1S/C21H27N5O7/c1-4-16(27)31-11-15(30-10-9-22)20(33-18(29)6-3)19(32-17(28)5-2)13-7-8-14-21(23)24-12-25-26(13)14/h7-8,12,15,19-20H,4-6,10-11H2,1-3H3,(H2,23,24,25)/t15-,19+,20-/m1/s1. The molecule has 0 unspecified atom stereocenters. The normalized spacial score (nSPS) is 13.5. The minimum Gasteiger partial charge on any atom is -0.463 e. The van der Waals surface area contributed by atoms with Crippen molar-refractivity contribution < 1.29 is 33.3 Å². The first-order valence-electron chi connectivity index (χ1n) is 10.5. The van der Waals surface area contributed by atoms with Crippen molar-refractivity contribution in [2.24, 2.45) is 0 Å². The van der Waals surface area contributed by atoms with Crippen LogP contribution in [0.15, 0.2) is 18.5 Å². The van der Waals surface area contributed by atoms with Crippen molar-refractivity contribution in [2.45, 2.75) is 58.3 Å². The highest BCUT2D eigenvalue weighted by atomic mass is 16.6. The number of nitriles is 1. The van der Waals surface area contributed by atoms with E-state index in [9.17, 15) is 14.4 Å². The number of hydrogen-bond acceptors (Lipinski definition) is 11. The lowest BCUT2D eigenvalue weighted by atomic mass is 10.0. The number of aromatic nitrogens is 3. The van der Waals surface area contributed by atoms with E-state index in [2.05, 4.69) is 10.1 Å². The van der Waals surface area contributed by atoms with E-state index in [1.54, 1.807) is 32.9 Å². The van der Waals surface area contributed by atoms with Gasteiger partial charge in [-0.2, -0.15) is 10.4 Å². The van der Waals surface area contributed by atoms with Crippen molar-refractivity contribution in [3.05, 3.63) is 24.2 Å². The maximum Gasteiger partial charge on any atom is 0.306 e. The summed E-state index contributed by atoms with van der Waals surface area (Å²) in [6.45, 7) is 4.10. The smallest absolute Gasteiger partial charge is 0.306 e. The fraction of sp³-hybridized carbons (Fsp3) is 0.524. The van der Waals surface area contributed by atoms with Crippen LogP contribution in [-0.2, 0) is 33.3 Å². The van der Waals surface area contributed by atoms with Gasteiger partial charge in [-0.1, -0.05) is 20.8 Å². The number of nitrogen functional groups attached to an aromatic ring is 1. The first-order valence-corrected chi connectivity index (χ1v) is 10.5. The molecule has 0 saturated heterocycles. The average Bonchev–Trinajstić information content (AvgIpc) is 3.26. The Hall–Kier alpha value is -3.72. The molecular formula is C21H27N5O7. The molecular weight excluding hydrogens is 434 g/mol. The van der Waals surface area contributed by atoms with E-state index in [-0.39, 0.29) is 38.3 Å². The van der Waals surface area contributed by atoms with Gasteiger partial charge < -0.3 is 24.7 Å². The maximum absolute atomic E-state index is 12.3. The number of ether oxygens (including phenoxy) is 4. The molecule has 2 aromatic rings. The molecule has 0 amide bonds. The Kier molecular flexibility index (Phi) is 9.56. The van der Waals surface area contributed by atoms with Crippen LogP contribution < -0.4 is 5.73 Å². The van der Waals surface area contributed by atoms with Crippen LogP contribution in [0.25, 0.3) is 5.52 Å². The van der Waals surface area contributed by atoms with Gasteiger partial charge in [0, 0.05) is 19.3 Å². The highest BCUT2D eigenvalue weighted by Crippen LogP contribution is 2.30. The number of esters is 3. The van der Waals surface area contributed by atoms with Crippen LogP contribution in [0.1, 0.15) is 51.8 Å². The Balaban J connectivity index is 2.58. The molecule has 12 nitrogen and oxygen atoms in total. The molecule has 3 atom stereocenters. The number of nitrogens with two attached hydrogens (primary N) is 1. The number of rotatable bonds is 12. The topological polar surface area (TPSA) is 168 Å². The molecule has 178 valence electrons. The number of nitrogens with zero attached hydrogens (tertiary/aromatic N) is 4. The van der Waals surface area contributed by atoms with E-state index in [0.29, 0.717) is 11.2 Å².